The highest BCUT2D eigenvalue weighted by Crippen LogP contribution is 2.42. The number of rotatable bonds is 7. The molecule has 0 spiro atoms. The number of carboxylic acids is 2. The van der Waals surface area contributed by atoms with E-state index >= 15 is 0 Å². The van der Waals surface area contributed by atoms with Gasteiger partial charge in [-0.05, 0) is 30.4 Å². The number of benzene rings is 1. The van der Waals surface area contributed by atoms with E-state index in [9.17, 15) is 9.59 Å². The summed E-state index contributed by atoms with van der Waals surface area (Å²) in [6, 6.07) is 9.83. The summed E-state index contributed by atoms with van der Waals surface area (Å²) in [4.78, 5) is 22.3. The molecule has 0 saturated heterocycles. The second-order valence-corrected chi connectivity index (χ2v) is 6.10. The Morgan fingerprint density at radius 1 is 1.00 bits per heavy atom. The van der Waals surface area contributed by atoms with Gasteiger partial charge in [0.05, 0.1) is 0 Å². The highest BCUT2D eigenvalue weighted by Gasteiger charge is 2.32. The summed E-state index contributed by atoms with van der Waals surface area (Å²) in [5.41, 5.74) is 1.61. The first kappa shape index (κ1) is 17.5. The average Bonchev–Trinajstić information content (AvgIpc) is 2.56. The molecule has 0 unspecified atom stereocenters. The SMILES string of the molecule is C=C(CC1(CC(=C)C(=O)O)C=CC(c2ccccc2)=CC1)C(=O)O. The minimum absolute atomic E-state index is 0.0643. The number of hydrogen-bond donors (Lipinski definition) is 2. The summed E-state index contributed by atoms with van der Waals surface area (Å²) in [7, 11) is 0. The van der Waals surface area contributed by atoms with Crippen LogP contribution in [0.25, 0.3) is 5.57 Å². The molecule has 4 nitrogen and oxygen atoms in total. The summed E-state index contributed by atoms with van der Waals surface area (Å²) in [6.45, 7) is 7.18. The molecule has 24 heavy (non-hydrogen) atoms. The molecule has 0 heterocycles. The Hall–Kier alpha value is -2.88. The molecule has 0 bridgehead atoms. The predicted octanol–water partition coefficient (Wildman–Crippen LogP) is 4.08. The lowest BCUT2D eigenvalue weighted by Gasteiger charge is -2.33. The van der Waals surface area contributed by atoms with E-state index in [1.165, 1.54) is 0 Å². The fraction of sp³-hybridized carbons (Fsp3) is 0.200. The first-order chi connectivity index (χ1) is 11.3. The van der Waals surface area contributed by atoms with Crippen molar-refractivity contribution in [2.24, 2.45) is 5.41 Å². The molecule has 0 amide bonds. The lowest BCUT2D eigenvalue weighted by Crippen LogP contribution is -2.24. The van der Waals surface area contributed by atoms with Gasteiger partial charge in [-0.3, -0.25) is 0 Å². The Morgan fingerprint density at radius 2 is 1.54 bits per heavy atom. The minimum Gasteiger partial charge on any atom is -0.478 e. The lowest BCUT2D eigenvalue weighted by atomic mass is 9.71. The van der Waals surface area contributed by atoms with Crippen molar-refractivity contribution >= 4 is 17.5 Å². The van der Waals surface area contributed by atoms with Gasteiger partial charge in [0.15, 0.2) is 0 Å². The molecule has 0 radical (unpaired) electrons. The molecule has 0 aliphatic heterocycles. The van der Waals surface area contributed by atoms with Crippen LogP contribution in [0.5, 0.6) is 0 Å². The zero-order valence-corrected chi connectivity index (χ0v) is 13.4. The monoisotopic (exact) mass is 324 g/mol. The highest BCUT2D eigenvalue weighted by atomic mass is 16.4. The molecular weight excluding hydrogens is 304 g/mol. The minimum atomic E-state index is -1.07. The molecule has 0 atom stereocenters. The Balaban J connectivity index is 2.26. The molecule has 0 fully saturated rings. The van der Waals surface area contributed by atoms with Gasteiger partial charge in [0.1, 0.15) is 0 Å². The maximum Gasteiger partial charge on any atom is 0.330 e. The van der Waals surface area contributed by atoms with Crippen molar-refractivity contribution in [2.45, 2.75) is 19.3 Å². The predicted molar refractivity (Wildman–Crippen MR) is 93.4 cm³/mol. The first-order valence-corrected chi connectivity index (χ1v) is 7.60. The van der Waals surface area contributed by atoms with Crippen LogP contribution in [0.2, 0.25) is 0 Å². The fourth-order valence-corrected chi connectivity index (χ4v) is 2.89. The third kappa shape index (κ3) is 4.10. The molecule has 1 aromatic rings. The maximum absolute atomic E-state index is 11.1. The molecule has 124 valence electrons. The zero-order valence-electron chi connectivity index (χ0n) is 13.4. The van der Waals surface area contributed by atoms with Crippen molar-refractivity contribution in [3.05, 3.63) is 78.4 Å². The largest absolute Gasteiger partial charge is 0.478 e. The van der Waals surface area contributed by atoms with Crippen molar-refractivity contribution in [1.29, 1.82) is 0 Å². The zero-order chi connectivity index (χ0) is 17.7. The molecule has 1 aliphatic carbocycles. The molecule has 4 heteroatoms. The van der Waals surface area contributed by atoms with Gasteiger partial charge in [0.25, 0.3) is 0 Å². The molecule has 0 aromatic heterocycles. The second-order valence-electron chi connectivity index (χ2n) is 6.10. The van der Waals surface area contributed by atoms with E-state index in [4.69, 9.17) is 10.2 Å². The first-order valence-electron chi connectivity index (χ1n) is 7.60. The maximum atomic E-state index is 11.1. The van der Waals surface area contributed by atoms with Crippen molar-refractivity contribution in [2.75, 3.05) is 0 Å². The Labute approximate surface area is 141 Å². The van der Waals surface area contributed by atoms with Crippen LogP contribution in [0.4, 0.5) is 0 Å². The molecular formula is C20H20O4. The number of allylic oxidation sites excluding steroid dienone is 4. The number of aliphatic carboxylic acids is 2. The van der Waals surface area contributed by atoms with Crippen LogP contribution in [0.15, 0.2) is 72.9 Å². The third-order valence-corrected chi connectivity index (χ3v) is 4.19. The summed E-state index contributed by atoms with van der Waals surface area (Å²) in [5.74, 6) is -2.14. The molecule has 2 N–H and O–H groups in total. The lowest BCUT2D eigenvalue weighted by molar-refractivity contribution is -0.133. The van der Waals surface area contributed by atoms with Crippen LogP contribution in [-0.4, -0.2) is 22.2 Å². The van der Waals surface area contributed by atoms with Crippen LogP contribution in [0, 0.1) is 5.41 Å². The van der Waals surface area contributed by atoms with Crippen molar-refractivity contribution in [3.63, 3.8) is 0 Å². The highest BCUT2D eigenvalue weighted by molar-refractivity contribution is 5.87. The summed E-state index contributed by atoms with van der Waals surface area (Å²) in [5, 5.41) is 18.2. The molecule has 1 aliphatic rings. The Kier molecular flexibility index (Phi) is 5.19. The number of carboxylic acid groups (broad SMARTS) is 2. The van der Waals surface area contributed by atoms with Crippen LogP contribution in [-0.2, 0) is 9.59 Å². The third-order valence-electron chi connectivity index (χ3n) is 4.19. The summed E-state index contributed by atoms with van der Waals surface area (Å²) in [6.07, 6.45) is 6.74. The van der Waals surface area contributed by atoms with Gasteiger partial charge >= 0.3 is 11.9 Å². The van der Waals surface area contributed by atoms with E-state index in [0.717, 1.165) is 11.1 Å². The van der Waals surface area contributed by atoms with E-state index in [0.29, 0.717) is 6.42 Å². The quantitative estimate of drug-likeness (QED) is 0.741. The van der Waals surface area contributed by atoms with Gasteiger partial charge in [-0.2, -0.15) is 0 Å². The van der Waals surface area contributed by atoms with E-state index in [2.05, 4.69) is 13.2 Å². The Bertz CT molecular complexity index is 710. The molecule has 2 rings (SSSR count). The van der Waals surface area contributed by atoms with E-state index in [1.807, 2.05) is 48.6 Å². The van der Waals surface area contributed by atoms with Gasteiger partial charge < -0.3 is 10.2 Å². The van der Waals surface area contributed by atoms with Gasteiger partial charge in [-0.1, -0.05) is 61.7 Å². The fourth-order valence-electron chi connectivity index (χ4n) is 2.89. The van der Waals surface area contributed by atoms with Crippen molar-refractivity contribution < 1.29 is 19.8 Å². The van der Waals surface area contributed by atoms with Crippen LogP contribution >= 0.6 is 0 Å². The van der Waals surface area contributed by atoms with Crippen LogP contribution in [0.1, 0.15) is 24.8 Å². The number of carbonyl (C=O) groups is 2. The van der Waals surface area contributed by atoms with Crippen LogP contribution < -0.4 is 0 Å². The van der Waals surface area contributed by atoms with E-state index < -0.39 is 17.4 Å². The second kappa shape index (κ2) is 7.13. The molecule has 1 aromatic carbocycles. The molecule has 0 saturated carbocycles. The van der Waals surface area contributed by atoms with Gasteiger partial charge in [0, 0.05) is 16.6 Å². The average molecular weight is 324 g/mol. The van der Waals surface area contributed by atoms with E-state index in [-0.39, 0.29) is 24.0 Å². The van der Waals surface area contributed by atoms with Gasteiger partial charge in [-0.25, -0.2) is 9.59 Å². The van der Waals surface area contributed by atoms with E-state index in [1.54, 1.807) is 0 Å². The van der Waals surface area contributed by atoms with Crippen LogP contribution in [0.3, 0.4) is 0 Å². The van der Waals surface area contributed by atoms with Crippen molar-refractivity contribution in [1.82, 2.24) is 0 Å². The number of hydrogen-bond acceptors (Lipinski definition) is 2. The summed E-state index contributed by atoms with van der Waals surface area (Å²) >= 11 is 0. The van der Waals surface area contributed by atoms with Gasteiger partial charge in [0.2, 0.25) is 0 Å². The Morgan fingerprint density at radius 3 is 1.96 bits per heavy atom. The standard InChI is InChI=1S/C20H20O4/c1-14(18(21)22)12-20(13-15(2)19(23)24)10-8-17(9-11-20)16-6-4-3-5-7-16/h3-10H,1-2,11-13H2,(H,21,22)(H,23,24). The topological polar surface area (TPSA) is 74.6 Å². The van der Waals surface area contributed by atoms with Gasteiger partial charge in [-0.15, -0.1) is 0 Å². The van der Waals surface area contributed by atoms with Crippen molar-refractivity contribution in [3.8, 4) is 0 Å². The smallest absolute Gasteiger partial charge is 0.330 e. The summed E-state index contributed by atoms with van der Waals surface area (Å²) < 4.78 is 0. The normalized spacial score (nSPS) is 15.4.